The lowest BCUT2D eigenvalue weighted by molar-refractivity contribution is 0.0733. The molecule has 0 amide bonds. The SMILES string of the molecule is CCCCCCCCCCCCOc1ccc(COc2ccc(COc3cc(OCc4ccc(OCc5ccc(OCCCCCCCCCCCC)cc5)c(OCc5ccc(OCCCCCCCCCCCC)cc5)c4)cc(C(=O)Oc4ccccc4)c3)cc2OCc2ccc(OCCCCCCCCCCCC)cc2)cc1. The highest BCUT2D eigenvalue weighted by molar-refractivity contribution is 5.92. The van der Waals surface area contributed by atoms with Crippen molar-refractivity contribution in [3.8, 4) is 63.2 Å². The van der Waals surface area contributed by atoms with Crippen molar-refractivity contribution >= 4 is 5.97 Å². The highest BCUT2D eigenvalue weighted by Crippen LogP contribution is 2.35. The standard InChI is InChI=1S/C103H142O12/c1-5-9-13-17-21-25-29-33-37-44-70-105-92-60-50-85(51-61-92)79-111-99-68-58-89(74-101(99)113-81-87-54-64-94(65-55-87)107-72-46-39-35-31-27-23-19-15-11-7-3)83-109-97-76-91(103(104)115-96-48-42-41-43-49-96)77-98(78-97)110-84-90-59-69-100(112-80-86-52-62-93(63-53-86)106-71-45-38-34-30-26-22-18-14-10-6-2)102(75-90)114-82-88-56-66-95(67-57-88)108-73-47-40-36-32-28-24-20-16-12-8-4/h41-43,48-69,74-78H,5-40,44-47,70-73,79-84H2,1-4H3. The molecule has 0 saturated carbocycles. The van der Waals surface area contributed by atoms with E-state index in [2.05, 4.69) is 76.2 Å². The van der Waals surface area contributed by atoms with E-state index in [0.717, 1.165) is 82.1 Å². The Morgan fingerprint density at radius 3 is 0.722 bits per heavy atom. The van der Waals surface area contributed by atoms with Crippen molar-refractivity contribution in [1.82, 2.24) is 0 Å². The van der Waals surface area contributed by atoms with Crippen molar-refractivity contribution in [2.24, 2.45) is 0 Å². The van der Waals surface area contributed by atoms with E-state index in [1.807, 2.05) is 103 Å². The number of ether oxygens (including phenoxy) is 11. The number of rotatable bonds is 68. The predicted octanol–water partition coefficient (Wildman–Crippen LogP) is 29.6. The largest absolute Gasteiger partial charge is 0.494 e. The lowest BCUT2D eigenvalue weighted by Gasteiger charge is -2.17. The van der Waals surface area contributed by atoms with Gasteiger partial charge in [0.25, 0.3) is 0 Å². The molecule has 12 nitrogen and oxygen atoms in total. The number of unbranched alkanes of at least 4 members (excludes halogenated alkanes) is 36. The van der Waals surface area contributed by atoms with Crippen molar-refractivity contribution in [1.29, 1.82) is 0 Å². The molecular formula is C103H142O12. The summed E-state index contributed by atoms with van der Waals surface area (Å²) >= 11 is 0. The normalized spacial score (nSPS) is 11.2. The van der Waals surface area contributed by atoms with E-state index < -0.39 is 5.97 Å². The average Bonchev–Trinajstić information content (AvgIpc) is 0.835. The summed E-state index contributed by atoms with van der Waals surface area (Å²) in [5.41, 5.74) is 5.89. The van der Waals surface area contributed by atoms with Crippen LogP contribution in [0, 0.1) is 0 Å². The van der Waals surface area contributed by atoms with Crippen LogP contribution < -0.4 is 52.1 Å². The molecule has 0 aliphatic rings. The first-order valence-corrected chi connectivity index (χ1v) is 45.1. The minimum atomic E-state index is -0.559. The topological polar surface area (TPSA) is 119 Å². The van der Waals surface area contributed by atoms with Crippen LogP contribution in [-0.2, 0) is 39.6 Å². The smallest absolute Gasteiger partial charge is 0.343 e. The van der Waals surface area contributed by atoms with Crippen molar-refractivity contribution in [2.75, 3.05) is 26.4 Å². The van der Waals surface area contributed by atoms with E-state index in [1.165, 1.54) is 231 Å². The van der Waals surface area contributed by atoms with Gasteiger partial charge in [-0.1, -0.05) is 338 Å². The molecule has 8 aromatic rings. The highest BCUT2D eigenvalue weighted by Gasteiger charge is 2.18. The van der Waals surface area contributed by atoms with Crippen molar-refractivity contribution in [3.05, 3.63) is 221 Å². The molecule has 0 radical (unpaired) electrons. The van der Waals surface area contributed by atoms with Gasteiger partial charge in [-0.15, -0.1) is 0 Å². The minimum Gasteiger partial charge on any atom is -0.494 e. The zero-order chi connectivity index (χ0) is 80.3. The van der Waals surface area contributed by atoms with Gasteiger partial charge in [-0.2, -0.15) is 0 Å². The first kappa shape index (κ1) is 91.7. The molecule has 0 atom stereocenters. The first-order valence-electron chi connectivity index (χ1n) is 45.1. The molecule has 8 rings (SSSR count). The van der Waals surface area contributed by atoms with Gasteiger partial charge in [-0.25, -0.2) is 4.79 Å². The Morgan fingerprint density at radius 2 is 0.443 bits per heavy atom. The Bertz CT molecular complexity index is 3550. The molecule has 0 saturated heterocycles. The van der Waals surface area contributed by atoms with Crippen LogP contribution in [0.4, 0.5) is 0 Å². The van der Waals surface area contributed by atoms with Crippen LogP contribution in [0.5, 0.6) is 63.2 Å². The Hall–Kier alpha value is -8.77. The number of hydrogen-bond donors (Lipinski definition) is 0. The van der Waals surface area contributed by atoms with Gasteiger partial charge in [0, 0.05) is 6.07 Å². The van der Waals surface area contributed by atoms with Crippen LogP contribution in [0.1, 0.15) is 328 Å². The number of esters is 1. The van der Waals surface area contributed by atoms with E-state index in [4.69, 9.17) is 52.1 Å². The van der Waals surface area contributed by atoms with Gasteiger partial charge in [0.2, 0.25) is 0 Å². The molecule has 0 bridgehead atoms. The fraction of sp³-hybridized carbons (Fsp3) is 0.524. The zero-order valence-corrected chi connectivity index (χ0v) is 71.1. The fourth-order valence-electron chi connectivity index (χ4n) is 14.1. The van der Waals surface area contributed by atoms with E-state index >= 15 is 0 Å². The van der Waals surface area contributed by atoms with Gasteiger partial charge in [0.1, 0.15) is 79.9 Å². The summed E-state index contributed by atoms with van der Waals surface area (Å²) in [4.78, 5) is 14.1. The summed E-state index contributed by atoms with van der Waals surface area (Å²) in [5.74, 6) is 6.41. The summed E-state index contributed by atoms with van der Waals surface area (Å²) in [7, 11) is 0. The van der Waals surface area contributed by atoms with E-state index in [-0.39, 0.29) is 18.8 Å². The van der Waals surface area contributed by atoms with Gasteiger partial charge >= 0.3 is 5.97 Å². The third-order valence-electron chi connectivity index (χ3n) is 21.2. The van der Waals surface area contributed by atoms with Crippen molar-refractivity contribution < 1.29 is 56.9 Å². The molecule has 0 N–H and O–H groups in total. The van der Waals surface area contributed by atoms with Gasteiger partial charge in [-0.05, 0) is 156 Å². The number of carbonyl (C=O) groups excluding carboxylic acids is 1. The third kappa shape index (κ3) is 40.1. The maximum Gasteiger partial charge on any atom is 0.343 e. The Labute approximate surface area is 693 Å². The summed E-state index contributed by atoms with van der Waals surface area (Å²) in [5, 5.41) is 0. The van der Waals surface area contributed by atoms with Crippen LogP contribution in [0.2, 0.25) is 0 Å². The number of hydrogen-bond acceptors (Lipinski definition) is 12. The molecule has 12 heteroatoms. The summed E-state index contributed by atoms with van der Waals surface area (Å²) in [6, 6.07) is 58.6. The van der Waals surface area contributed by atoms with E-state index in [1.54, 1.807) is 30.3 Å². The van der Waals surface area contributed by atoms with Crippen LogP contribution in [0.3, 0.4) is 0 Å². The second-order valence-electron chi connectivity index (χ2n) is 31.4. The molecule has 0 aliphatic carbocycles. The molecule has 115 heavy (non-hydrogen) atoms. The monoisotopic (exact) mass is 1570 g/mol. The third-order valence-corrected chi connectivity index (χ3v) is 21.2. The van der Waals surface area contributed by atoms with Crippen LogP contribution in [-0.4, -0.2) is 32.4 Å². The van der Waals surface area contributed by atoms with E-state index in [0.29, 0.717) is 93.1 Å². The van der Waals surface area contributed by atoms with Crippen LogP contribution >= 0.6 is 0 Å². The van der Waals surface area contributed by atoms with Gasteiger partial charge < -0.3 is 52.1 Å². The second kappa shape index (κ2) is 59.0. The quantitative estimate of drug-likeness (QED) is 0.0205. The molecule has 8 aromatic carbocycles. The molecule has 0 spiro atoms. The van der Waals surface area contributed by atoms with E-state index in [9.17, 15) is 4.79 Å². The maximum atomic E-state index is 14.1. The number of para-hydroxylation sites is 1. The fourth-order valence-corrected chi connectivity index (χ4v) is 14.1. The van der Waals surface area contributed by atoms with Crippen LogP contribution in [0.15, 0.2) is 182 Å². The molecule has 0 heterocycles. The lowest BCUT2D eigenvalue weighted by Crippen LogP contribution is -2.09. The minimum absolute atomic E-state index is 0.133. The van der Waals surface area contributed by atoms with Gasteiger partial charge in [0.05, 0.1) is 32.0 Å². The number of benzene rings is 8. The highest BCUT2D eigenvalue weighted by atomic mass is 16.5. The molecule has 626 valence electrons. The Morgan fingerprint density at radius 1 is 0.200 bits per heavy atom. The van der Waals surface area contributed by atoms with Crippen LogP contribution in [0.25, 0.3) is 0 Å². The maximum absolute atomic E-state index is 14.1. The number of carbonyl (C=O) groups is 1. The summed E-state index contributed by atoms with van der Waals surface area (Å²) in [6.45, 7) is 13.4. The lowest BCUT2D eigenvalue weighted by atomic mass is 10.1. The van der Waals surface area contributed by atoms with Crippen molar-refractivity contribution in [2.45, 2.75) is 324 Å². The average molecular weight is 1570 g/mol. The summed E-state index contributed by atoms with van der Waals surface area (Å²) in [6.07, 6.45) is 51.5. The Balaban J connectivity index is 0.922. The molecule has 0 unspecified atom stereocenters. The van der Waals surface area contributed by atoms with Gasteiger partial charge in [-0.3, -0.25) is 0 Å². The Kier molecular flexibility index (Phi) is 47.1. The molecular weight excluding hydrogens is 1430 g/mol. The second-order valence-corrected chi connectivity index (χ2v) is 31.4. The molecule has 0 aliphatic heterocycles. The van der Waals surface area contributed by atoms with Gasteiger partial charge in [0.15, 0.2) is 23.0 Å². The predicted molar refractivity (Wildman–Crippen MR) is 472 cm³/mol. The first-order chi connectivity index (χ1) is 56.8. The summed E-state index contributed by atoms with van der Waals surface area (Å²) < 4.78 is 70.3. The molecule has 0 aromatic heterocycles. The van der Waals surface area contributed by atoms with Crippen molar-refractivity contribution in [3.63, 3.8) is 0 Å². The zero-order valence-electron chi connectivity index (χ0n) is 71.1. The molecule has 0 fully saturated rings.